The van der Waals surface area contributed by atoms with E-state index in [1.807, 2.05) is 13.0 Å². The summed E-state index contributed by atoms with van der Waals surface area (Å²) in [6, 6.07) is 0. The number of rotatable bonds is 1. The number of terminal acetylenes is 1. The molecular formula is C8H8. The summed E-state index contributed by atoms with van der Waals surface area (Å²) in [6.07, 6.45) is 9.59. The summed E-state index contributed by atoms with van der Waals surface area (Å²) in [5, 5.41) is 0. The molecule has 0 aliphatic rings. The van der Waals surface area contributed by atoms with Crippen LogP contribution in [0.15, 0.2) is 12.2 Å². The average Bonchev–Trinajstić information content (AvgIpc) is 1.81. The predicted octanol–water partition coefficient (Wildman–Crippen LogP) is 1.59. The Kier molecular flexibility index (Phi) is 5.02. The topological polar surface area (TPSA) is 0 Å². The zero-order chi connectivity index (χ0) is 6.24. The van der Waals surface area contributed by atoms with Crippen LogP contribution in [0.25, 0.3) is 0 Å². The van der Waals surface area contributed by atoms with E-state index in [0.29, 0.717) is 0 Å². The van der Waals surface area contributed by atoms with Crippen molar-refractivity contribution in [3.05, 3.63) is 12.2 Å². The molecule has 0 spiro atoms. The van der Waals surface area contributed by atoms with E-state index >= 15 is 0 Å². The molecule has 0 nitrogen and oxygen atoms in total. The molecule has 0 amide bonds. The summed E-state index contributed by atoms with van der Waals surface area (Å²) in [5.74, 6) is 7.36. The fraction of sp³-hybridized carbons (Fsp3) is 0.250. The Hall–Kier alpha value is -1.14. The Bertz CT molecular complexity index is 157. The third kappa shape index (κ3) is 4.86. The lowest BCUT2D eigenvalue weighted by Gasteiger charge is -1.66. The van der Waals surface area contributed by atoms with Gasteiger partial charge in [-0.3, -0.25) is 0 Å². The Balaban J connectivity index is 3.46. The molecule has 0 unspecified atom stereocenters. The molecule has 0 aromatic rings. The molecule has 0 saturated heterocycles. The lowest BCUT2D eigenvalue weighted by molar-refractivity contribution is 1.23. The van der Waals surface area contributed by atoms with E-state index in [-0.39, 0.29) is 0 Å². The molecule has 0 rings (SSSR count). The van der Waals surface area contributed by atoms with Gasteiger partial charge in [0, 0.05) is 0 Å². The summed E-state index contributed by atoms with van der Waals surface area (Å²) < 4.78 is 0. The van der Waals surface area contributed by atoms with Gasteiger partial charge in [-0.05, 0) is 24.3 Å². The van der Waals surface area contributed by atoms with Gasteiger partial charge in [0.05, 0.1) is 0 Å². The van der Waals surface area contributed by atoms with E-state index < -0.39 is 0 Å². The molecule has 0 radical (unpaired) electrons. The van der Waals surface area contributed by atoms with Crippen LogP contribution in [-0.4, -0.2) is 0 Å². The minimum Gasteiger partial charge on any atom is -0.106 e. The molecule has 0 N–H and O–H groups in total. The first-order chi connectivity index (χ1) is 3.91. The first-order valence-electron chi connectivity index (χ1n) is 2.53. The molecule has 0 aromatic carbocycles. The molecule has 0 heterocycles. The number of hydrogen-bond donors (Lipinski definition) is 0. The van der Waals surface area contributed by atoms with Crippen LogP contribution in [0.5, 0.6) is 0 Å². The standard InChI is InChI=1S/C8H8/c1-3-5-7-8-6-4-2/h1,6,8H,4H2,2H3/b8-6-. The summed E-state index contributed by atoms with van der Waals surface area (Å²) in [7, 11) is 0. The molecule has 8 heavy (non-hydrogen) atoms. The fourth-order valence-electron chi connectivity index (χ4n) is 0.260. The van der Waals surface area contributed by atoms with E-state index in [2.05, 4.69) is 17.8 Å². The van der Waals surface area contributed by atoms with Gasteiger partial charge in [-0.15, -0.1) is 6.42 Å². The van der Waals surface area contributed by atoms with Gasteiger partial charge >= 0.3 is 0 Å². The third-order valence-electron chi connectivity index (χ3n) is 0.581. The van der Waals surface area contributed by atoms with Gasteiger partial charge in [0.25, 0.3) is 0 Å². The van der Waals surface area contributed by atoms with Gasteiger partial charge in [0.1, 0.15) is 0 Å². The van der Waals surface area contributed by atoms with Gasteiger partial charge in [0.15, 0.2) is 0 Å². The van der Waals surface area contributed by atoms with Crippen LogP contribution < -0.4 is 0 Å². The molecular weight excluding hydrogens is 96.1 g/mol. The monoisotopic (exact) mass is 104 g/mol. The Labute approximate surface area is 50.6 Å². The molecule has 0 heteroatoms. The maximum Gasteiger partial charge on any atom is -0.0108 e. The second-order valence-electron chi connectivity index (χ2n) is 1.22. The summed E-state index contributed by atoms with van der Waals surface area (Å²) in [6.45, 7) is 2.05. The average molecular weight is 104 g/mol. The van der Waals surface area contributed by atoms with Crippen molar-refractivity contribution < 1.29 is 0 Å². The number of allylic oxidation sites excluding steroid dienone is 2. The minimum absolute atomic E-state index is 1.01. The molecule has 0 aromatic heterocycles. The minimum atomic E-state index is 1.01. The van der Waals surface area contributed by atoms with E-state index in [1.54, 1.807) is 6.08 Å². The number of hydrogen-bond acceptors (Lipinski definition) is 0. The first-order valence-corrected chi connectivity index (χ1v) is 2.53. The van der Waals surface area contributed by atoms with Gasteiger partial charge in [-0.2, -0.15) is 0 Å². The molecule has 0 bridgehead atoms. The van der Waals surface area contributed by atoms with E-state index in [0.717, 1.165) is 6.42 Å². The van der Waals surface area contributed by atoms with Crippen LogP contribution in [0.1, 0.15) is 13.3 Å². The van der Waals surface area contributed by atoms with Crippen molar-refractivity contribution in [1.82, 2.24) is 0 Å². The quantitative estimate of drug-likeness (QED) is 0.443. The third-order valence-corrected chi connectivity index (χ3v) is 0.581. The SMILES string of the molecule is C#CC#C/C=C\CC. The molecule has 0 fully saturated rings. The van der Waals surface area contributed by atoms with Crippen molar-refractivity contribution in [2.24, 2.45) is 0 Å². The zero-order valence-corrected chi connectivity index (χ0v) is 4.94. The molecule has 0 atom stereocenters. The van der Waals surface area contributed by atoms with Gasteiger partial charge in [-0.1, -0.05) is 18.9 Å². The molecule has 0 aliphatic heterocycles. The smallest absolute Gasteiger partial charge is 0.0108 e. The summed E-state index contributed by atoms with van der Waals surface area (Å²) in [4.78, 5) is 0. The Morgan fingerprint density at radius 1 is 1.62 bits per heavy atom. The predicted molar refractivity (Wildman–Crippen MR) is 36.0 cm³/mol. The highest BCUT2D eigenvalue weighted by Crippen LogP contribution is 1.75. The second kappa shape index (κ2) is 5.86. The van der Waals surface area contributed by atoms with Crippen molar-refractivity contribution in [3.8, 4) is 24.2 Å². The molecule has 40 valence electrons. The van der Waals surface area contributed by atoms with Crippen LogP contribution in [-0.2, 0) is 0 Å². The maximum absolute atomic E-state index is 4.85. The van der Waals surface area contributed by atoms with Crippen LogP contribution in [0.4, 0.5) is 0 Å². The summed E-state index contributed by atoms with van der Waals surface area (Å²) in [5.41, 5.74) is 0. The molecule has 0 aliphatic carbocycles. The summed E-state index contributed by atoms with van der Waals surface area (Å²) >= 11 is 0. The molecule has 0 saturated carbocycles. The van der Waals surface area contributed by atoms with Crippen molar-refractivity contribution in [2.45, 2.75) is 13.3 Å². The Morgan fingerprint density at radius 3 is 2.88 bits per heavy atom. The van der Waals surface area contributed by atoms with E-state index in [9.17, 15) is 0 Å². The lowest BCUT2D eigenvalue weighted by atomic mass is 10.4. The highest BCUT2D eigenvalue weighted by molar-refractivity contribution is 5.27. The van der Waals surface area contributed by atoms with E-state index in [4.69, 9.17) is 6.42 Å². The normalized spacial score (nSPS) is 7.50. The zero-order valence-electron chi connectivity index (χ0n) is 4.94. The van der Waals surface area contributed by atoms with Crippen LogP contribution in [0.3, 0.4) is 0 Å². The fourth-order valence-corrected chi connectivity index (χ4v) is 0.260. The van der Waals surface area contributed by atoms with Crippen molar-refractivity contribution in [1.29, 1.82) is 0 Å². The largest absolute Gasteiger partial charge is 0.106 e. The second-order valence-corrected chi connectivity index (χ2v) is 1.22. The Morgan fingerprint density at radius 2 is 2.38 bits per heavy atom. The van der Waals surface area contributed by atoms with Gasteiger partial charge < -0.3 is 0 Å². The van der Waals surface area contributed by atoms with Gasteiger partial charge in [0.2, 0.25) is 0 Å². The van der Waals surface area contributed by atoms with Crippen molar-refractivity contribution >= 4 is 0 Å². The van der Waals surface area contributed by atoms with Crippen LogP contribution in [0, 0.1) is 24.2 Å². The van der Waals surface area contributed by atoms with Crippen LogP contribution >= 0.6 is 0 Å². The first kappa shape index (κ1) is 6.86. The lowest BCUT2D eigenvalue weighted by Crippen LogP contribution is -1.51. The van der Waals surface area contributed by atoms with Crippen LogP contribution in [0.2, 0.25) is 0 Å². The highest BCUT2D eigenvalue weighted by Gasteiger charge is 1.57. The van der Waals surface area contributed by atoms with E-state index in [1.165, 1.54) is 0 Å². The van der Waals surface area contributed by atoms with Gasteiger partial charge in [-0.25, -0.2) is 0 Å². The van der Waals surface area contributed by atoms with Crippen molar-refractivity contribution in [3.63, 3.8) is 0 Å². The highest BCUT2D eigenvalue weighted by atomic mass is 13.6. The maximum atomic E-state index is 4.85. The van der Waals surface area contributed by atoms with Crippen molar-refractivity contribution in [2.75, 3.05) is 0 Å².